The van der Waals surface area contributed by atoms with E-state index in [4.69, 9.17) is 0 Å². The van der Waals surface area contributed by atoms with Gasteiger partial charge in [-0.3, -0.25) is 19.1 Å². The average Bonchev–Trinajstić information content (AvgIpc) is 2.66. The van der Waals surface area contributed by atoms with Crippen molar-refractivity contribution < 1.29 is 14.4 Å². The summed E-state index contributed by atoms with van der Waals surface area (Å²) in [7, 11) is 1.73. The molecule has 1 fully saturated rings. The van der Waals surface area contributed by atoms with Crippen molar-refractivity contribution in [1.29, 1.82) is 0 Å². The Kier molecular flexibility index (Phi) is 4.55. The normalized spacial score (nSPS) is 14.6. The van der Waals surface area contributed by atoms with E-state index >= 15 is 0 Å². The van der Waals surface area contributed by atoms with Crippen LogP contribution in [0.25, 0.3) is 0 Å². The molecule has 1 heterocycles. The van der Waals surface area contributed by atoms with E-state index in [2.05, 4.69) is 5.10 Å². The molecule has 0 unspecified atom stereocenters. The van der Waals surface area contributed by atoms with Gasteiger partial charge in [0.05, 0.1) is 6.42 Å². The van der Waals surface area contributed by atoms with Crippen LogP contribution in [0.3, 0.4) is 0 Å². The van der Waals surface area contributed by atoms with Crippen molar-refractivity contribution in [3.8, 4) is 0 Å². The lowest BCUT2D eigenvalue weighted by Gasteiger charge is -2.36. The number of carbonyl (C=O) groups excluding carboxylic acids is 3. The zero-order chi connectivity index (χ0) is 15.6. The van der Waals surface area contributed by atoms with Crippen LogP contribution in [0.2, 0.25) is 0 Å². The summed E-state index contributed by atoms with van der Waals surface area (Å²) in [6.45, 7) is 3.31. The van der Waals surface area contributed by atoms with Gasteiger partial charge in [-0.1, -0.05) is 0 Å². The minimum atomic E-state index is -0.282. The van der Waals surface area contributed by atoms with Gasteiger partial charge in [-0.2, -0.15) is 5.10 Å². The molecule has 0 aromatic carbocycles. The number of hydrogen-bond donors (Lipinski definition) is 0. The quantitative estimate of drug-likeness (QED) is 0.588. The lowest BCUT2D eigenvalue weighted by atomic mass is 9.91. The second kappa shape index (κ2) is 6.20. The van der Waals surface area contributed by atoms with Gasteiger partial charge in [0.25, 0.3) is 0 Å². The standard InChI is InChI=1S/C15H21N3O3/c1-10(19)7-14(21)15-12(8-17(3)16-15)9-18(11(2)20)13-5-4-6-13/h8,13H,4-7,9H2,1-3H3. The number of carbonyl (C=O) groups is 3. The minimum Gasteiger partial charge on any atom is -0.335 e. The van der Waals surface area contributed by atoms with E-state index in [1.165, 1.54) is 6.92 Å². The zero-order valence-corrected chi connectivity index (χ0v) is 12.8. The highest BCUT2D eigenvalue weighted by atomic mass is 16.2. The van der Waals surface area contributed by atoms with Crippen LogP contribution >= 0.6 is 0 Å². The van der Waals surface area contributed by atoms with Gasteiger partial charge < -0.3 is 4.90 Å². The SMILES string of the molecule is CC(=O)CC(=O)c1nn(C)cc1CN(C(C)=O)C1CCC1. The number of aromatic nitrogens is 2. The summed E-state index contributed by atoms with van der Waals surface area (Å²) >= 11 is 0. The molecular weight excluding hydrogens is 270 g/mol. The fourth-order valence-corrected chi connectivity index (χ4v) is 2.58. The number of rotatable bonds is 6. The molecule has 0 aliphatic heterocycles. The Morgan fingerprint density at radius 1 is 1.33 bits per heavy atom. The van der Waals surface area contributed by atoms with E-state index in [0.29, 0.717) is 17.8 Å². The Balaban J connectivity index is 2.20. The molecule has 1 aromatic heterocycles. The molecule has 0 bridgehead atoms. The van der Waals surface area contributed by atoms with E-state index in [9.17, 15) is 14.4 Å². The molecule has 1 amide bonds. The summed E-state index contributed by atoms with van der Waals surface area (Å²) in [6, 6.07) is 0.262. The largest absolute Gasteiger partial charge is 0.335 e. The predicted molar refractivity (Wildman–Crippen MR) is 76.7 cm³/mol. The van der Waals surface area contributed by atoms with Crippen molar-refractivity contribution in [2.75, 3.05) is 0 Å². The van der Waals surface area contributed by atoms with Gasteiger partial charge in [0.2, 0.25) is 5.91 Å². The summed E-state index contributed by atoms with van der Waals surface area (Å²) in [5.74, 6) is -0.456. The summed E-state index contributed by atoms with van der Waals surface area (Å²) < 4.78 is 1.56. The van der Waals surface area contributed by atoms with E-state index in [1.807, 2.05) is 0 Å². The van der Waals surface area contributed by atoms with Gasteiger partial charge in [-0.15, -0.1) is 0 Å². The summed E-state index contributed by atoms with van der Waals surface area (Å²) in [4.78, 5) is 36.8. The molecule has 0 radical (unpaired) electrons. The lowest BCUT2D eigenvalue weighted by Crippen LogP contribution is -2.42. The van der Waals surface area contributed by atoms with Crippen molar-refractivity contribution in [2.24, 2.45) is 7.05 Å². The van der Waals surface area contributed by atoms with Crippen LogP contribution in [0.4, 0.5) is 0 Å². The molecule has 0 atom stereocenters. The zero-order valence-electron chi connectivity index (χ0n) is 12.8. The van der Waals surface area contributed by atoms with E-state index in [0.717, 1.165) is 19.3 Å². The maximum atomic E-state index is 12.1. The number of ketones is 2. The van der Waals surface area contributed by atoms with Crippen molar-refractivity contribution in [2.45, 2.75) is 52.1 Å². The van der Waals surface area contributed by atoms with Crippen LogP contribution in [0.15, 0.2) is 6.20 Å². The van der Waals surface area contributed by atoms with Crippen LogP contribution in [-0.4, -0.2) is 38.2 Å². The second-order valence-corrected chi connectivity index (χ2v) is 5.71. The van der Waals surface area contributed by atoms with Crippen molar-refractivity contribution in [1.82, 2.24) is 14.7 Å². The molecular formula is C15H21N3O3. The molecule has 2 rings (SSSR count). The Hall–Kier alpha value is -1.98. The lowest BCUT2D eigenvalue weighted by molar-refractivity contribution is -0.133. The van der Waals surface area contributed by atoms with Gasteiger partial charge in [-0.05, 0) is 26.2 Å². The van der Waals surface area contributed by atoms with Gasteiger partial charge in [-0.25, -0.2) is 0 Å². The van der Waals surface area contributed by atoms with Crippen LogP contribution in [-0.2, 0) is 23.2 Å². The summed E-state index contributed by atoms with van der Waals surface area (Å²) in [6.07, 6.45) is 4.76. The van der Waals surface area contributed by atoms with Crippen LogP contribution in [0, 0.1) is 0 Å². The first kappa shape index (κ1) is 15.4. The first-order chi connectivity index (χ1) is 9.88. The smallest absolute Gasteiger partial charge is 0.219 e. The van der Waals surface area contributed by atoms with Gasteiger partial charge in [0, 0.05) is 38.3 Å². The molecule has 21 heavy (non-hydrogen) atoms. The van der Waals surface area contributed by atoms with E-state index in [-0.39, 0.29) is 29.9 Å². The highest BCUT2D eigenvalue weighted by Gasteiger charge is 2.28. The average molecular weight is 291 g/mol. The fraction of sp³-hybridized carbons (Fsp3) is 0.600. The molecule has 0 spiro atoms. The number of Topliss-reactive ketones (excluding diaryl/α,β-unsaturated/α-hetero) is 2. The molecule has 114 valence electrons. The molecule has 0 N–H and O–H groups in total. The Morgan fingerprint density at radius 3 is 2.48 bits per heavy atom. The van der Waals surface area contributed by atoms with Crippen molar-refractivity contribution in [3.05, 3.63) is 17.5 Å². The number of amides is 1. The number of nitrogens with zero attached hydrogens (tertiary/aromatic N) is 3. The molecule has 0 saturated heterocycles. The molecule has 1 saturated carbocycles. The fourth-order valence-electron chi connectivity index (χ4n) is 2.58. The van der Waals surface area contributed by atoms with Gasteiger partial charge >= 0.3 is 0 Å². The van der Waals surface area contributed by atoms with Gasteiger partial charge in [0.15, 0.2) is 5.78 Å². The molecule has 1 aromatic rings. The number of aryl methyl sites for hydroxylation is 1. The van der Waals surface area contributed by atoms with Crippen LogP contribution < -0.4 is 0 Å². The van der Waals surface area contributed by atoms with Crippen LogP contribution in [0.1, 0.15) is 55.6 Å². The van der Waals surface area contributed by atoms with Crippen LogP contribution in [0.5, 0.6) is 0 Å². The first-order valence-electron chi connectivity index (χ1n) is 7.21. The Labute approximate surface area is 124 Å². The maximum Gasteiger partial charge on any atom is 0.219 e. The number of hydrogen-bond acceptors (Lipinski definition) is 4. The Bertz CT molecular complexity index is 573. The summed E-state index contributed by atoms with van der Waals surface area (Å²) in [5.41, 5.74) is 1.02. The van der Waals surface area contributed by atoms with Crippen molar-refractivity contribution >= 4 is 17.5 Å². The van der Waals surface area contributed by atoms with Crippen molar-refractivity contribution in [3.63, 3.8) is 0 Å². The monoisotopic (exact) mass is 291 g/mol. The van der Waals surface area contributed by atoms with Gasteiger partial charge in [0.1, 0.15) is 11.5 Å². The molecule has 6 nitrogen and oxygen atoms in total. The molecule has 1 aliphatic rings. The second-order valence-electron chi connectivity index (χ2n) is 5.71. The molecule has 6 heteroatoms. The topological polar surface area (TPSA) is 72.3 Å². The van der Waals surface area contributed by atoms with E-state index in [1.54, 1.807) is 29.7 Å². The maximum absolute atomic E-state index is 12.1. The minimum absolute atomic E-state index is 0.00789. The highest BCUT2D eigenvalue weighted by Crippen LogP contribution is 2.27. The first-order valence-corrected chi connectivity index (χ1v) is 7.21. The summed E-state index contributed by atoms with van der Waals surface area (Å²) in [5, 5.41) is 4.16. The third-order valence-corrected chi connectivity index (χ3v) is 3.84. The Morgan fingerprint density at radius 2 is 2.00 bits per heavy atom. The van der Waals surface area contributed by atoms with E-state index < -0.39 is 0 Å². The third-order valence-electron chi connectivity index (χ3n) is 3.84. The highest BCUT2D eigenvalue weighted by molar-refractivity contribution is 6.07. The predicted octanol–water partition coefficient (Wildman–Crippen LogP) is 1.48. The third kappa shape index (κ3) is 3.56. The molecule has 1 aliphatic carbocycles.